The van der Waals surface area contributed by atoms with Gasteiger partial charge < -0.3 is 5.32 Å². The van der Waals surface area contributed by atoms with E-state index in [1.165, 1.54) is 12.1 Å². The summed E-state index contributed by atoms with van der Waals surface area (Å²) in [5.41, 5.74) is 2.47. The molecular weight excluding hydrogens is 271 g/mol. The van der Waals surface area contributed by atoms with E-state index in [9.17, 15) is 4.39 Å². The normalized spacial score (nSPS) is 10.2. The van der Waals surface area contributed by atoms with Gasteiger partial charge in [-0.05, 0) is 52.7 Å². The fourth-order valence-electron chi connectivity index (χ4n) is 1.44. The maximum Gasteiger partial charge on any atom is 0.125 e. The third kappa shape index (κ3) is 2.58. The predicted octanol–water partition coefficient (Wildman–Crippen LogP) is 4.04. The SMILES string of the molecule is Cc1cc(F)cc(Nc2ccncc2Br)c1. The summed E-state index contributed by atoms with van der Waals surface area (Å²) in [6.45, 7) is 1.86. The monoisotopic (exact) mass is 280 g/mol. The standard InChI is InChI=1S/C12H10BrFN2/c1-8-4-9(14)6-10(5-8)16-12-2-3-15-7-11(12)13/h2-7H,1H3,(H,15,16). The Morgan fingerprint density at radius 2 is 2.12 bits per heavy atom. The lowest BCUT2D eigenvalue weighted by Gasteiger charge is -2.08. The molecule has 16 heavy (non-hydrogen) atoms. The molecule has 2 nitrogen and oxygen atoms in total. The summed E-state index contributed by atoms with van der Waals surface area (Å²) in [7, 11) is 0. The lowest BCUT2D eigenvalue weighted by Crippen LogP contribution is -1.93. The molecule has 1 aromatic carbocycles. The Kier molecular flexibility index (Phi) is 3.19. The Morgan fingerprint density at radius 3 is 2.81 bits per heavy atom. The van der Waals surface area contributed by atoms with Gasteiger partial charge in [-0.1, -0.05) is 0 Å². The zero-order chi connectivity index (χ0) is 11.5. The molecule has 82 valence electrons. The minimum Gasteiger partial charge on any atom is -0.354 e. The van der Waals surface area contributed by atoms with Crippen molar-refractivity contribution in [2.75, 3.05) is 5.32 Å². The van der Waals surface area contributed by atoms with Crippen molar-refractivity contribution in [2.24, 2.45) is 0 Å². The topological polar surface area (TPSA) is 24.9 Å². The van der Waals surface area contributed by atoms with Crippen molar-refractivity contribution in [2.45, 2.75) is 6.92 Å². The first kappa shape index (κ1) is 11.1. The van der Waals surface area contributed by atoms with E-state index < -0.39 is 0 Å². The van der Waals surface area contributed by atoms with Crippen LogP contribution in [0.3, 0.4) is 0 Å². The van der Waals surface area contributed by atoms with Gasteiger partial charge in [-0.2, -0.15) is 0 Å². The van der Waals surface area contributed by atoms with E-state index in [0.717, 1.165) is 21.4 Å². The lowest BCUT2D eigenvalue weighted by molar-refractivity contribution is 0.627. The lowest BCUT2D eigenvalue weighted by atomic mass is 10.2. The third-order valence-electron chi connectivity index (χ3n) is 2.09. The smallest absolute Gasteiger partial charge is 0.125 e. The van der Waals surface area contributed by atoms with E-state index in [1.807, 2.05) is 19.1 Å². The number of hydrogen-bond acceptors (Lipinski definition) is 2. The number of benzene rings is 1. The van der Waals surface area contributed by atoms with Gasteiger partial charge in [0.15, 0.2) is 0 Å². The first-order chi connectivity index (χ1) is 7.65. The van der Waals surface area contributed by atoms with Crippen LogP contribution in [0.2, 0.25) is 0 Å². The highest BCUT2D eigenvalue weighted by atomic mass is 79.9. The zero-order valence-corrected chi connectivity index (χ0v) is 10.3. The molecule has 0 amide bonds. The summed E-state index contributed by atoms with van der Waals surface area (Å²) in [4.78, 5) is 3.96. The second-order valence-corrected chi connectivity index (χ2v) is 4.35. The minimum atomic E-state index is -0.243. The molecule has 0 aliphatic carbocycles. The molecule has 0 aliphatic heterocycles. The highest BCUT2D eigenvalue weighted by molar-refractivity contribution is 9.10. The highest BCUT2D eigenvalue weighted by Gasteiger charge is 2.01. The summed E-state index contributed by atoms with van der Waals surface area (Å²) in [5.74, 6) is -0.243. The van der Waals surface area contributed by atoms with Crippen LogP contribution in [0.1, 0.15) is 5.56 Å². The molecule has 0 atom stereocenters. The first-order valence-electron chi connectivity index (χ1n) is 4.79. The summed E-state index contributed by atoms with van der Waals surface area (Å²) in [5, 5.41) is 3.13. The van der Waals surface area contributed by atoms with Crippen molar-refractivity contribution in [1.29, 1.82) is 0 Å². The van der Waals surface area contributed by atoms with Crippen molar-refractivity contribution in [1.82, 2.24) is 4.98 Å². The number of nitrogens with one attached hydrogen (secondary N) is 1. The number of hydrogen-bond donors (Lipinski definition) is 1. The van der Waals surface area contributed by atoms with Gasteiger partial charge in [-0.25, -0.2) is 4.39 Å². The van der Waals surface area contributed by atoms with Gasteiger partial charge in [0.2, 0.25) is 0 Å². The van der Waals surface area contributed by atoms with Crippen molar-refractivity contribution in [3.05, 3.63) is 52.5 Å². The van der Waals surface area contributed by atoms with Crippen molar-refractivity contribution < 1.29 is 4.39 Å². The fourth-order valence-corrected chi connectivity index (χ4v) is 1.79. The fraction of sp³-hybridized carbons (Fsp3) is 0.0833. The Hall–Kier alpha value is -1.42. The number of rotatable bonds is 2. The molecule has 0 aliphatic rings. The number of pyridine rings is 1. The second-order valence-electron chi connectivity index (χ2n) is 3.50. The van der Waals surface area contributed by atoms with Crippen LogP contribution in [-0.2, 0) is 0 Å². The summed E-state index contributed by atoms with van der Waals surface area (Å²) in [6, 6.07) is 6.66. The van der Waals surface area contributed by atoms with Gasteiger partial charge in [0.1, 0.15) is 5.82 Å². The number of nitrogens with zero attached hydrogens (tertiary/aromatic N) is 1. The van der Waals surface area contributed by atoms with Crippen LogP contribution in [0, 0.1) is 12.7 Å². The van der Waals surface area contributed by atoms with E-state index in [4.69, 9.17) is 0 Å². The second kappa shape index (κ2) is 4.61. The van der Waals surface area contributed by atoms with Crippen molar-refractivity contribution >= 4 is 27.3 Å². The molecule has 2 rings (SSSR count). The average Bonchev–Trinajstić information content (AvgIpc) is 2.20. The number of halogens is 2. The van der Waals surface area contributed by atoms with E-state index in [-0.39, 0.29) is 5.82 Å². The predicted molar refractivity (Wildman–Crippen MR) is 66.4 cm³/mol. The largest absolute Gasteiger partial charge is 0.354 e. The molecule has 0 saturated carbocycles. The maximum absolute atomic E-state index is 13.2. The minimum absolute atomic E-state index is 0.243. The van der Waals surface area contributed by atoms with Crippen LogP contribution in [0.25, 0.3) is 0 Å². The Bertz CT molecular complexity index is 494. The molecule has 0 radical (unpaired) electrons. The third-order valence-corrected chi connectivity index (χ3v) is 2.73. The van der Waals surface area contributed by atoms with Gasteiger partial charge in [-0.3, -0.25) is 4.98 Å². The number of anilines is 2. The van der Waals surface area contributed by atoms with Crippen molar-refractivity contribution in [3.63, 3.8) is 0 Å². The average molecular weight is 281 g/mol. The summed E-state index contributed by atoms with van der Waals surface area (Å²) >= 11 is 3.37. The number of aromatic nitrogens is 1. The molecule has 1 N–H and O–H groups in total. The summed E-state index contributed by atoms with van der Waals surface area (Å²) < 4.78 is 14.0. The Morgan fingerprint density at radius 1 is 1.31 bits per heavy atom. The Labute approximate surface area is 102 Å². The number of aryl methyl sites for hydroxylation is 1. The molecule has 2 aromatic rings. The van der Waals surface area contributed by atoms with Gasteiger partial charge in [-0.15, -0.1) is 0 Å². The molecular formula is C12H10BrFN2. The van der Waals surface area contributed by atoms with Crippen LogP contribution in [0.15, 0.2) is 41.1 Å². The summed E-state index contributed by atoms with van der Waals surface area (Å²) in [6.07, 6.45) is 3.37. The van der Waals surface area contributed by atoms with Gasteiger partial charge in [0.05, 0.1) is 10.2 Å². The van der Waals surface area contributed by atoms with Crippen LogP contribution < -0.4 is 5.32 Å². The quantitative estimate of drug-likeness (QED) is 0.898. The molecule has 0 unspecified atom stereocenters. The van der Waals surface area contributed by atoms with E-state index >= 15 is 0 Å². The van der Waals surface area contributed by atoms with Crippen LogP contribution >= 0.6 is 15.9 Å². The van der Waals surface area contributed by atoms with E-state index in [0.29, 0.717) is 0 Å². The zero-order valence-electron chi connectivity index (χ0n) is 8.67. The molecule has 0 fully saturated rings. The van der Waals surface area contributed by atoms with Crippen LogP contribution in [0.5, 0.6) is 0 Å². The molecule has 0 bridgehead atoms. The highest BCUT2D eigenvalue weighted by Crippen LogP contribution is 2.25. The van der Waals surface area contributed by atoms with Gasteiger partial charge in [0.25, 0.3) is 0 Å². The van der Waals surface area contributed by atoms with Gasteiger partial charge in [0, 0.05) is 18.1 Å². The molecule has 1 heterocycles. The first-order valence-corrected chi connectivity index (χ1v) is 5.58. The maximum atomic E-state index is 13.2. The van der Waals surface area contributed by atoms with Gasteiger partial charge >= 0.3 is 0 Å². The molecule has 1 aromatic heterocycles. The molecule has 0 saturated heterocycles. The van der Waals surface area contributed by atoms with Crippen LogP contribution in [0.4, 0.5) is 15.8 Å². The molecule has 0 spiro atoms. The van der Waals surface area contributed by atoms with Crippen LogP contribution in [-0.4, -0.2) is 4.98 Å². The van der Waals surface area contributed by atoms with E-state index in [1.54, 1.807) is 12.4 Å². The Balaban J connectivity index is 2.30. The van der Waals surface area contributed by atoms with Crippen molar-refractivity contribution in [3.8, 4) is 0 Å². The van der Waals surface area contributed by atoms with E-state index in [2.05, 4.69) is 26.2 Å². The molecule has 4 heteroatoms.